The summed E-state index contributed by atoms with van der Waals surface area (Å²) in [5.74, 6) is 1.48. The van der Waals surface area contributed by atoms with Crippen LogP contribution in [0.2, 0.25) is 5.28 Å². The third-order valence-electron chi connectivity index (χ3n) is 3.31. The Morgan fingerprint density at radius 3 is 2.89 bits per heavy atom. The van der Waals surface area contributed by atoms with Crippen molar-refractivity contribution < 1.29 is 0 Å². The third-order valence-corrected chi connectivity index (χ3v) is 3.48. The molecule has 1 aliphatic rings. The van der Waals surface area contributed by atoms with Gasteiger partial charge >= 0.3 is 0 Å². The maximum atomic E-state index is 5.95. The Labute approximate surface area is 117 Å². The van der Waals surface area contributed by atoms with Crippen LogP contribution in [0.3, 0.4) is 0 Å². The minimum Gasteiger partial charge on any atom is -0.365 e. The van der Waals surface area contributed by atoms with Gasteiger partial charge in [-0.2, -0.15) is 9.97 Å². The smallest absolute Gasteiger partial charge is 0.226 e. The molecule has 3 rings (SSSR count). The molecule has 0 unspecified atom stereocenters. The number of nitrogens with zero attached hydrogens (tertiary/aromatic N) is 4. The number of hydrogen-bond donors (Lipinski definition) is 1. The summed E-state index contributed by atoms with van der Waals surface area (Å²) in [6.45, 7) is 5.37. The van der Waals surface area contributed by atoms with Crippen molar-refractivity contribution in [1.82, 2.24) is 19.5 Å². The zero-order valence-electron chi connectivity index (χ0n) is 11.2. The highest BCUT2D eigenvalue weighted by molar-refractivity contribution is 6.28. The van der Waals surface area contributed by atoms with E-state index in [1.54, 1.807) is 0 Å². The van der Waals surface area contributed by atoms with Crippen molar-refractivity contribution in [3.8, 4) is 0 Å². The SMILES string of the molecule is CC(C)CCn1cnc2nc(Cl)nc(NC3CC3)c21. The molecule has 102 valence electrons. The monoisotopic (exact) mass is 279 g/mol. The average Bonchev–Trinajstić information content (AvgIpc) is 3.05. The molecular weight excluding hydrogens is 262 g/mol. The van der Waals surface area contributed by atoms with Crippen molar-refractivity contribution in [2.45, 2.75) is 45.7 Å². The molecule has 0 radical (unpaired) electrons. The summed E-state index contributed by atoms with van der Waals surface area (Å²) < 4.78 is 2.12. The molecule has 0 amide bonds. The van der Waals surface area contributed by atoms with Gasteiger partial charge in [-0.05, 0) is 36.8 Å². The summed E-state index contributed by atoms with van der Waals surface area (Å²) in [6, 6.07) is 0.530. The summed E-state index contributed by atoms with van der Waals surface area (Å²) in [5.41, 5.74) is 1.64. The van der Waals surface area contributed by atoms with Crippen LogP contribution in [0.25, 0.3) is 11.2 Å². The Balaban J connectivity index is 1.97. The van der Waals surface area contributed by atoms with Crippen LogP contribution in [0.5, 0.6) is 0 Å². The van der Waals surface area contributed by atoms with Gasteiger partial charge in [-0.1, -0.05) is 13.8 Å². The van der Waals surface area contributed by atoms with Crippen molar-refractivity contribution in [3.05, 3.63) is 11.6 Å². The van der Waals surface area contributed by atoms with E-state index in [0.29, 0.717) is 17.6 Å². The molecule has 0 spiro atoms. The first kappa shape index (κ1) is 12.7. The van der Waals surface area contributed by atoms with Gasteiger partial charge in [0.15, 0.2) is 11.5 Å². The average molecular weight is 280 g/mol. The molecular formula is C13H18ClN5. The van der Waals surface area contributed by atoms with E-state index in [2.05, 4.69) is 38.7 Å². The fraction of sp³-hybridized carbons (Fsp3) is 0.615. The molecule has 0 bridgehead atoms. The van der Waals surface area contributed by atoms with Crippen LogP contribution >= 0.6 is 11.6 Å². The largest absolute Gasteiger partial charge is 0.365 e. The Morgan fingerprint density at radius 2 is 2.21 bits per heavy atom. The van der Waals surface area contributed by atoms with Crippen LogP contribution < -0.4 is 5.32 Å². The van der Waals surface area contributed by atoms with E-state index in [1.807, 2.05) is 6.33 Å². The molecule has 19 heavy (non-hydrogen) atoms. The number of hydrogen-bond acceptors (Lipinski definition) is 4. The Hall–Kier alpha value is -1.36. The van der Waals surface area contributed by atoms with Crippen LogP contribution in [0.1, 0.15) is 33.1 Å². The first-order valence-electron chi connectivity index (χ1n) is 6.78. The molecule has 0 saturated heterocycles. The zero-order chi connectivity index (χ0) is 13.4. The first-order chi connectivity index (χ1) is 9.13. The normalized spacial score (nSPS) is 15.4. The molecule has 2 heterocycles. The van der Waals surface area contributed by atoms with Gasteiger partial charge in [-0.25, -0.2) is 4.98 Å². The van der Waals surface area contributed by atoms with Crippen LogP contribution in [-0.2, 0) is 6.54 Å². The number of imidazole rings is 1. The predicted octanol–water partition coefficient (Wildman–Crippen LogP) is 3.10. The molecule has 2 aromatic rings. The van der Waals surface area contributed by atoms with E-state index in [9.17, 15) is 0 Å². The predicted molar refractivity (Wildman–Crippen MR) is 76.4 cm³/mol. The fourth-order valence-electron chi connectivity index (χ4n) is 2.04. The van der Waals surface area contributed by atoms with Gasteiger partial charge in [-0.15, -0.1) is 0 Å². The highest BCUT2D eigenvalue weighted by Crippen LogP contribution is 2.28. The molecule has 6 heteroatoms. The lowest BCUT2D eigenvalue weighted by Gasteiger charge is -2.10. The Bertz CT molecular complexity index is 588. The second kappa shape index (κ2) is 4.96. The van der Waals surface area contributed by atoms with Gasteiger partial charge < -0.3 is 9.88 Å². The van der Waals surface area contributed by atoms with Gasteiger partial charge in [0, 0.05) is 12.6 Å². The van der Waals surface area contributed by atoms with E-state index >= 15 is 0 Å². The van der Waals surface area contributed by atoms with Crippen molar-refractivity contribution >= 4 is 28.6 Å². The second-order valence-corrected chi connectivity index (χ2v) is 5.89. The molecule has 1 aliphatic carbocycles. The van der Waals surface area contributed by atoms with Crippen LogP contribution in [0.15, 0.2) is 6.33 Å². The summed E-state index contributed by atoms with van der Waals surface area (Å²) >= 11 is 5.95. The standard InChI is InChI=1S/C13H18ClN5/c1-8(2)5-6-19-7-15-11-10(19)12(16-9-3-4-9)18-13(14)17-11/h7-9H,3-6H2,1-2H3,(H,16,17,18). The third kappa shape index (κ3) is 2.81. The van der Waals surface area contributed by atoms with Crippen molar-refractivity contribution in [1.29, 1.82) is 0 Å². The van der Waals surface area contributed by atoms with E-state index in [0.717, 1.165) is 24.3 Å². The number of halogens is 1. The van der Waals surface area contributed by atoms with Crippen molar-refractivity contribution in [3.63, 3.8) is 0 Å². The highest BCUT2D eigenvalue weighted by atomic mass is 35.5. The topological polar surface area (TPSA) is 55.6 Å². The molecule has 1 N–H and O–H groups in total. The number of anilines is 1. The summed E-state index contributed by atoms with van der Waals surface area (Å²) in [5, 5.41) is 3.67. The van der Waals surface area contributed by atoms with Gasteiger partial charge in [-0.3, -0.25) is 0 Å². The molecule has 0 aliphatic heterocycles. The number of rotatable bonds is 5. The molecule has 2 aromatic heterocycles. The summed E-state index contributed by atoms with van der Waals surface area (Å²) in [6.07, 6.45) is 5.33. The maximum Gasteiger partial charge on any atom is 0.226 e. The molecule has 0 aromatic carbocycles. The van der Waals surface area contributed by atoms with Crippen LogP contribution in [0, 0.1) is 5.92 Å². The van der Waals surface area contributed by atoms with Crippen LogP contribution in [-0.4, -0.2) is 25.6 Å². The van der Waals surface area contributed by atoms with E-state index in [4.69, 9.17) is 11.6 Å². The van der Waals surface area contributed by atoms with E-state index in [1.165, 1.54) is 12.8 Å². The van der Waals surface area contributed by atoms with Gasteiger partial charge in [0.2, 0.25) is 5.28 Å². The minimum absolute atomic E-state index is 0.254. The van der Waals surface area contributed by atoms with Gasteiger partial charge in [0.1, 0.15) is 5.52 Å². The maximum absolute atomic E-state index is 5.95. The van der Waals surface area contributed by atoms with Gasteiger partial charge in [0.25, 0.3) is 0 Å². The van der Waals surface area contributed by atoms with Crippen molar-refractivity contribution in [2.24, 2.45) is 5.92 Å². The second-order valence-electron chi connectivity index (χ2n) is 5.55. The molecule has 0 atom stereocenters. The quantitative estimate of drug-likeness (QED) is 0.855. The van der Waals surface area contributed by atoms with Gasteiger partial charge in [0.05, 0.1) is 6.33 Å². The molecule has 5 nitrogen and oxygen atoms in total. The first-order valence-corrected chi connectivity index (χ1v) is 7.16. The fourth-order valence-corrected chi connectivity index (χ4v) is 2.21. The van der Waals surface area contributed by atoms with E-state index in [-0.39, 0.29) is 5.28 Å². The number of aromatic nitrogens is 4. The van der Waals surface area contributed by atoms with Crippen molar-refractivity contribution in [2.75, 3.05) is 5.32 Å². The number of aryl methyl sites for hydroxylation is 1. The molecule has 1 fully saturated rings. The molecule has 1 saturated carbocycles. The highest BCUT2D eigenvalue weighted by Gasteiger charge is 2.24. The number of nitrogens with one attached hydrogen (secondary N) is 1. The Kier molecular flexibility index (Phi) is 3.31. The summed E-state index contributed by atoms with van der Waals surface area (Å²) in [4.78, 5) is 12.9. The summed E-state index contributed by atoms with van der Waals surface area (Å²) in [7, 11) is 0. The zero-order valence-corrected chi connectivity index (χ0v) is 12.0. The van der Waals surface area contributed by atoms with E-state index < -0.39 is 0 Å². The number of fused-ring (bicyclic) bond motifs is 1. The Morgan fingerprint density at radius 1 is 1.42 bits per heavy atom. The lowest BCUT2D eigenvalue weighted by molar-refractivity contribution is 0.523. The van der Waals surface area contributed by atoms with Crippen LogP contribution in [0.4, 0.5) is 5.82 Å². The lowest BCUT2D eigenvalue weighted by Crippen LogP contribution is -2.08. The lowest BCUT2D eigenvalue weighted by atomic mass is 10.1. The minimum atomic E-state index is 0.254.